The summed E-state index contributed by atoms with van der Waals surface area (Å²) in [5.74, 6) is -0.345. The second-order valence-corrected chi connectivity index (χ2v) is 8.80. The van der Waals surface area contributed by atoms with Crippen LogP contribution in [-0.4, -0.2) is 10.8 Å². The third-order valence-corrected chi connectivity index (χ3v) is 6.47. The van der Waals surface area contributed by atoms with Gasteiger partial charge in [-0.3, -0.25) is 4.79 Å². The van der Waals surface area contributed by atoms with Crippen molar-refractivity contribution in [3.8, 4) is 0 Å². The molecule has 0 radical (unpaired) electrons. The first-order chi connectivity index (χ1) is 16.1. The van der Waals surface area contributed by atoms with Gasteiger partial charge in [-0.1, -0.05) is 103 Å². The summed E-state index contributed by atoms with van der Waals surface area (Å²) >= 11 is 0. The molecule has 1 aromatic heterocycles. The van der Waals surface area contributed by atoms with Gasteiger partial charge in [-0.25, -0.2) is 0 Å². The molecular weight excluding hydrogens is 402 g/mol. The van der Waals surface area contributed by atoms with Gasteiger partial charge >= 0.3 is 0 Å². The number of ketones is 1. The van der Waals surface area contributed by atoms with Crippen LogP contribution in [0.25, 0.3) is 10.9 Å². The number of aromatic amines is 1. The van der Waals surface area contributed by atoms with E-state index in [0.29, 0.717) is 0 Å². The van der Waals surface area contributed by atoms with Crippen LogP contribution in [0.2, 0.25) is 0 Å². The Morgan fingerprint density at radius 2 is 1.33 bits per heavy atom. The molecule has 0 fully saturated rings. The molecule has 0 amide bonds. The van der Waals surface area contributed by atoms with Crippen LogP contribution in [0.4, 0.5) is 0 Å². The minimum absolute atomic E-state index is 0.128. The summed E-state index contributed by atoms with van der Waals surface area (Å²) in [5, 5.41) is 1.16. The zero-order chi connectivity index (χ0) is 22.8. The number of H-pyrrole nitrogens is 1. The normalized spacial score (nSPS) is 13.0. The largest absolute Gasteiger partial charge is 0.361 e. The van der Waals surface area contributed by atoms with Crippen molar-refractivity contribution in [2.24, 2.45) is 0 Å². The van der Waals surface area contributed by atoms with Crippen LogP contribution in [0.5, 0.6) is 0 Å². The molecule has 2 heteroatoms. The smallest absolute Gasteiger partial charge is 0.171 e. The van der Waals surface area contributed by atoms with Gasteiger partial charge in [-0.2, -0.15) is 0 Å². The third-order valence-electron chi connectivity index (χ3n) is 6.47. The lowest BCUT2D eigenvalue weighted by molar-refractivity contribution is 0.0952. The first-order valence-corrected chi connectivity index (χ1v) is 11.4. The van der Waals surface area contributed by atoms with E-state index in [2.05, 4.69) is 79.6 Å². The number of hydrogen-bond donors (Lipinski definition) is 1. The molecule has 33 heavy (non-hydrogen) atoms. The van der Waals surface area contributed by atoms with E-state index in [-0.39, 0.29) is 17.6 Å². The molecule has 4 aromatic carbocycles. The minimum Gasteiger partial charge on any atom is -0.361 e. The number of benzene rings is 4. The van der Waals surface area contributed by atoms with Crippen molar-refractivity contribution in [2.75, 3.05) is 0 Å². The summed E-state index contributed by atoms with van der Waals surface area (Å²) in [5.41, 5.74) is 7.56. The molecule has 1 N–H and O–H groups in total. The summed E-state index contributed by atoms with van der Waals surface area (Å²) in [7, 11) is 0. The lowest BCUT2D eigenvalue weighted by atomic mass is 9.73. The van der Waals surface area contributed by atoms with Crippen molar-refractivity contribution >= 4 is 16.7 Å². The number of aromatic nitrogens is 1. The minimum atomic E-state index is -0.350. The molecule has 2 unspecified atom stereocenters. The lowest BCUT2D eigenvalue weighted by Gasteiger charge is -2.28. The van der Waals surface area contributed by atoms with E-state index in [4.69, 9.17) is 0 Å². The van der Waals surface area contributed by atoms with Gasteiger partial charge in [-0.05, 0) is 42.2 Å². The van der Waals surface area contributed by atoms with Gasteiger partial charge in [0.1, 0.15) is 0 Å². The number of rotatable bonds is 6. The average Bonchev–Trinajstić information content (AvgIpc) is 3.26. The van der Waals surface area contributed by atoms with Gasteiger partial charge in [0, 0.05) is 28.6 Å². The molecule has 162 valence electrons. The standard InChI is InChI=1S/C31H27NO/c1-21-13-16-24(17-14-21)29(27-20-32-28-19-22(2)15-18-26(27)28)30(23-9-5-3-6-10-23)31(33)25-11-7-4-8-12-25/h3-20,29-30,32H,1-2H3. The van der Waals surface area contributed by atoms with E-state index in [0.717, 1.165) is 33.2 Å². The maximum absolute atomic E-state index is 14.1. The molecule has 0 aliphatic rings. The van der Waals surface area contributed by atoms with Crippen LogP contribution in [0.3, 0.4) is 0 Å². The van der Waals surface area contributed by atoms with Gasteiger partial charge in [0.15, 0.2) is 5.78 Å². The van der Waals surface area contributed by atoms with Crippen LogP contribution in [0.15, 0.2) is 109 Å². The SMILES string of the molecule is Cc1ccc(C(c2c[nH]c3cc(C)ccc23)C(C(=O)c2ccccc2)c2ccccc2)cc1. The Morgan fingerprint density at radius 3 is 2.03 bits per heavy atom. The molecule has 0 aliphatic carbocycles. The predicted molar refractivity (Wildman–Crippen MR) is 136 cm³/mol. The first kappa shape index (κ1) is 21.0. The third kappa shape index (κ3) is 4.12. The summed E-state index contributed by atoms with van der Waals surface area (Å²) in [6.45, 7) is 4.19. The highest BCUT2D eigenvalue weighted by Gasteiger charge is 2.34. The molecule has 1 heterocycles. The fraction of sp³-hybridized carbons (Fsp3) is 0.129. The van der Waals surface area contributed by atoms with Gasteiger partial charge in [-0.15, -0.1) is 0 Å². The fourth-order valence-electron chi connectivity index (χ4n) is 4.78. The number of nitrogens with one attached hydrogen (secondary N) is 1. The van der Waals surface area contributed by atoms with Crippen LogP contribution >= 0.6 is 0 Å². The number of Topliss-reactive ketones (excluding diaryl/α,β-unsaturated/α-hetero) is 1. The second-order valence-electron chi connectivity index (χ2n) is 8.80. The van der Waals surface area contributed by atoms with Crippen molar-refractivity contribution in [1.82, 2.24) is 4.98 Å². The zero-order valence-electron chi connectivity index (χ0n) is 19.0. The Labute approximate surface area is 194 Å². The number of carbonyl (C=O) groups is 1. The van der Waals surface area contributed by atoms with Crippen molar-refractivity contribution in [3.05, 3.63) is 143 Å². The van der Waals surface area contributed by atoms with E-state index >= 15 is 0 Å². The molecule has 2 nitrogen and oxygen atoms in total. The van der Waals surface area contributed by atoms with E-state index in [9.17, 15) is 4.79 Å². The molecule has 2 atom stereocenters. The Morgan fingerprint density at radius 1 is 0.697 bits per heavy atom. The highest BCUT2D eigenvalue weighted by molar-refractivity contribution is 6.02. The Hall–Kier alpha value is -3.91. The summed E-state index contributed by atoms with van der Waals surface area (Å²) in [4.78, 5) is 17.6. The highest BCUT2D eigenvalue weighted by atomic mass is 16.1. The fourth-order valence-corrected chi connectivity index (χ4v) is 4.78. The van der Waals surface area contributed by atoms with E-state index in [1.54, 1.807) is 0 Å². The molecule has 0 aliphatic heterocycles. The van der Waals surface area contributed by atoms with Crippen molar-refractivity contribution in [2.45, 2.75) is 25.7 Å². The second kappa shape index (κ2) is 8.91. The molecule has 5 aromatic rings. The van der Waals surface area contributed by atoms with Crippen LogP contribution in [0, 0.1) is 13.8 Å². The Bertz CT molecular complexity index is 1380. The Kier molecular flexibility index (Phi) is 5.66. The Balaban J connectivity index is 1.76. The van der Waals surface area contributed by atoms with E-state index < -0.39 is 0 Å². The average molecular weight is 430 g/mol. The summed E-state index contributed by atoms with van der Waals surface area (Å²) < 4.78 is 0. The summed E-state index contributed by atoms with van der Waals surface area (Å²) in [6.07, 6.45) is 2.09. The van der Waals surface area contributed by atoms with Crippen molar-refractivity contribution in [3.63, 3.8) is 0 Å². The van der Waals surface area contributed by atoms with E-state index in [1.165, 1.54) is 11.1 Å². The van der Waals surface area contributed by atoms with Gasteiger partial charge < -0.3 is 4.98 Å². The monoisotopic (exact) mass is 429 g/mol. The maximum Gasteiger partial charge on any atom is 0.171 e. The quantitative estimate of drug-likeness (QED) is 0.277. The van der Waals surface area contributed by atoms with Crippen LogP contribution < -0.4 is 0 Å². The lowest BCUT2D eigenvalue weighted by Crippen LogP contribution is -2.22. The summed E-state index contributed by atoms with van der Waals surface area (Å²) in [6, 6.07) is 34.9. The number of fused-ring (bicyclic) bond motifs is 1. The molecule has 0 spiro atoms. The van der Waals surface area contributed by atoms with Crippen LogP contribution in [-0.2, 0) is 0 Å². The van der Waals surface area contributed by atoms with Crippen LogP contribution in [0.1, 0.15) is 50.0 Å². The maximum atomic E-state index is 14.1. The predicted octanol–water partition coefficient (Wildman–Crippen LogP) is 7.58. The van der Waals surface area contributed by atoms with Crippen molar-refractivity contribution < 1.29 is 4.79 Å². The topological polar surface area (TPSA) is 32.9 Å². The zero-order valence-corrected chi connectivity index (χ0v) is 19.0. The number of hydrogen-bond acceptors (Lipinski definition) is 1. The van der Waals surface area contributed by atoms with Gasteiger partial charge in [0.25, 0.3) is 0 Å². The molecule has 0 saturated carbocycles. The van der Waals surface area contributed by atoms with Gasteiger partial charge in [0.05, 0.1) is 5.92 Å². The first-order valence-electron chi connectivity index (χ1n) is 11.4. The number of aryl methyl sites for hydroxylation is 2. The molecule has 0 bridgehead atoms. The molecular formula is C31H27NO. The van der Waals surface area contributed by atoms with Gasteiger partial charge in [0.2, 0.25) is 0 Å². The highest BCUT2D eigenvalue weighted by Crippen LogP contribution is 2.43. The molecule has 0 saturated heterocycles. The molecule has 5 rings (SSSR count). The van der Waals surface area contributed by atoms with Crippen molar-refractivity contribution in [1.29, 1.82) is 0 Å². The van der Waals surface area contributed by atoms with E-state index in [1.807, 2.05) is 48.5 Å². The number of carbonyl (C=O) groups excluding carboxylic acids is 1.